The van der Waals surface area contributed by atoms with E-state index in [1.54, 1.807) is 7.11 Å². The zero-order valence-corrected chi connectivity index (χ0v) is 5.63. The Morgan fingerprint density at radius 1 is 1.78 bits per heavy atom. The molecular formula is C6H13NO2. The molecule has 3 N–H and O–H groups in total. The molecule has 9 heavy (non-hydrogen) atoms. The lowest BCUT2D eigenvalue weighted by Gasteiger charge is -2.40. The van der Waals surface area contributed by atoms with Crippen LogP contribution in [0.4, 0.5) is 0 Å². The van der Waals surface area contributed by atoms with Crippen molar-refractivity contribution in [2.45, 2.75) is 24.5 Å². The molecule has 0 heterocycles. The summed E-state index contributed by atoms with van der Waals surface area (Å²) >= 11 is 0. The Hall–Kier alpha value is -0.120. The van der Waals surface area contributed by atoms with Crippen molar-refractivity contribution >= 4 is 0 Å². The number of hydrogen-bond acceptors (Lipinski definition) is 3. The average Bonchev–Trinajstić information content (AvgIpc) is 1.62. The number of aliphatic hydroxyl groups is 1. The van der Waals surface area contributed by atoms with Gasteiger partial charge in [-0.3, -0.25) is 0 Å². The first kappa shape index (κ1) is 6.99. The summed E-state index contributed by atoms with van der Waals surface area (Å²) in [5.74, 6) is 0. The second kappa shape index (κ2) is 2.25. The summed E-state index contributed by atoms with van der Waals surface area (Å²) in [6, 6.07) is 0.185. The highest BCUT2D eigenvalue weighted by Crippen LogP contribution is 2.30. The normalized spacial score (nSPS) is 42.3. The molecule has 0 bridgehead atoms. The van der Waals surface area contributed by atoms with E-state index in [1.807, 2.05) is 0 Å². The quantitative estimate of drug-likeness (QED) is 0.530. The number of nitrogens with two attached hydrogens (primary N) is 1. The summed E-state index contributed by atoms with van der Waals surface area (Å²) in [6.07, 6.45) is 1.36. The summed E-state index contributed by atoms with van der Waals surface area (Å²) in [7, 11) is 1.59. The van der Waals surface area contributed by atoms with Gasteiger partial charge in [-0.25, -0.2) is 0 Å². The van der Waals surface area contributed by atoms with Gasteiger partial charge in [0.05, 0.1) is 12.2 Å². The fourth-order valence-corrected chi connectivity index (χ4v) is 1.30. The van der Waals surface area contributed by atoms with Gasteiger partial charge in [0.15, 0.2) is 0 Å². The largest absolute Gasteiger partial charge is 0.387 e. The van der Waals surface area contributed by atoms with Crippen LogP contribution in [0.5, 0.6) is 0 Å². The Balaban J connectivity index is 2.23. The average molecular weight is 131 g/mol. The molecule has 0 saturated heterocycles. The van der Waals surface area contributed by atoms with Crippen LogP contribution in [0, 0.1) is 0 Å². The van der Waals surface area contributed by atoms with Gasteiger partial charge < -0.3 is 15.6 Å². The molecule has 1 aliphatic carbocycles. The lowest BCUT2D eigenvalue weighted by molar-refractivity contribution is -0.0948. The third kappa shape index (κ3) is 1.41. The highest BCUT2D eigenvalue weighted by molar-refractivity contribution is 4.96. The molecule has 0 unspecified atom stereocenters. The summed E-state index contributed by atoms with van der Waals surface area (Å²) in [4.78, 5) is 0. The van der Waals surface area contributed by atoms with Gasteiger partial charge in [0.25, 0.3) is 0 Å². The van der Waals surface area contributed by atoms with Crippen LogP contribution in [-0.4, -0.2) is 30.5 Å². The summed E-state index contributed by atoms with van der Waals surface area (Å²) in [5, 5.41) is 9.38. The highest BCUT2D eigenvalue weighted by atomic mass is 16.5. The Kier molecular flexibility index (Phi) is 1.75. The molecule has 0 aliphatic heterocycles. The van der Waals surface area contributed by atoms with Gasteiger partial charge >= 0.3 is 0 Å². The van der Waals surface area contributed by atoms with Crippen molar-refractivity contribution in [3.05, 3.63) is 0 Å². The van der Waals surface area contributed by atoms with Gasteiger partial charge in [-0.2, -0.15) is 0 Å². The Morgan fingerprint density at radius 2 is 2.33 bits per heavy atom. The van der Waals surface area contributed by atoms with Crippen molar-refractivity contribution < 1.29 is 9.84 Å². The molecule has 1 rings (SSSR count). The predicted octanol–water partition coefficient (Wildman–Crippen LogP) is -0.515. The third-order valence-corrected chi connectivity index (χ3v) is 1.70. The second-order valence-corrected chi connectivity index (χ2v) is 2.83. The van der Waals surface area contributed by atoms with Crippen molar-refractivity contribution in [3.8, 4) is 0 Å². The lowest BCUT2D eigenvalue weighted by Crippen LogP contribution is -2.54. The fourth-order valence-electron chi connectivity index (χ4n) is 1.30. The Labute approximate surface area is 54.8 Å². The molecule has 1 saturated carbocycles. The van der Waals surface area contributed by atoms with Gasteiger partial charge in [-0.1, -0.05) is 0 Å². The van der Waals surface area contributed by atoms with Gasteiger partial charge in [0.1, 0.15) is 0 Å². The van der Waals surface area contributed by atoms with Crippen LogP contribution in [-0.2, 0) is 4.74 Å². The van der Waals surface area contributed by atoms with Crippen molar-refractivity contribution in [2.75, 3.05) is 13.7 Å². The van der Waals surface area contributed by atoms with Gasteiger partial charge in [-0.15, -0.1) is 0 Å². The zero-order chi connectivity index (χ0) is 6.91. The predicted molar refractivity (Wildman–Crippen MR) is 34.0 cm³/mol. The molecule has 54 valence electrons. The van der Waals surface area contributed by atoms with Crippen molar-refractivity contribution in [1.82, 2.24) is 0 Å². The van der Waals surface area contributed by atoms with Crippen molar-refractivity contribution in [1.29, 1.82) is 0 Å². The lowest BCUT2D eigenvalue weighted by atomic mass is 9.77. The van der Waals surface area contributed by atoms with Crippen LogP contribution < -0.4 is 5.73 Å². The maximum Gasteiger partial charge on any atom is 0.0909 e. The summed E-state index contributed by atoms with van der Waals surface area (Å²) in [5.41, 5.74) is 4.87. The molecule has 0 spiro atoms. The number of ether oxygens (including phenoxy) is 1. The van der Waals surface area contributed by atoms with Crippen LogP contribution in [0.2, 0.25) is 0 Å². The van der Waals surface area contributed by atoms with Crippen molar-refractivity contribution in [3.63, 3.8) is 0 Å². The van der Waals surface area contributed by atoms with E-state index in [-0.39, 0.29) is 6.04 Å². The van der Waals surface area contributed by atoms with Crippen LogP contribution >= 0.6 is 0 Å². The van der Waals surface area contributed by atoms with Crippen LogP contribution in [0.15, 0.2) is 0 Å². The minimum Gasteiger partial charge on any atom is -0.387 e. The minimum absolute atomic E-state index is 0.185. The van der Waals surface area contributed by atoms with E-state index in [1.165, 1.54) is 0 Å². The topological polar surface area (TPSA) is 55.5 Å². The third-order valence-electron chi connectivity index (χ3n) is 1.70. The van der Waals surface area contributed by atoms with Gasteiger partial charge in [0, 0.05) is 13.2 Å². The monoisotopic (exact) mass is 131 g/mol. The van der Waals surface area contributed by atoms with Crippen LogP contribution in [0.25, 0.3) is 0 Å². The van der Waals surface area contributed by atoms with E-state index in [2.05, 4.69) is 0 Å². The molecule has 0 amide bonds. The van der Waals surface area contributed by atoms with E-state index < -0.39 is 5.60 Å². The first-order valence-corrected chi connectivity index (χ1v) is 3.13. The van der Waals surface area contributed by atoms with E-state index in [0.29, 0.717) is 19.4 Å². The zero-order valence-electron chi connectivity index (χ0n) is 5.63. The molecule has 0 aromatic heterocycles. The first-order valence-electron chi connectivity index (χ1n) is 3.13. The van der Waals surface area contributed by atoms with Gasteiger partial charge in [0.2, 0.25) is 0 Å². The first-order chi connectivity index (χ1) is 4.16. The standard InChI is InChI=1S/C6H13NO2/c1-9-4-6(8)2-5(7)3-6/h5,8H,2-4,7H2,1H3. The smallest absolute Gasteiger partial charge is 0.0909 e. The molecule has 3 nitrogen and oxygen atoms in total. The minimum atomic E-state index is -0.603. The molecule has 0 atom stereocenters. The fraction of sp³-hybridized carbons (Fsp3) is 1.00. The number of rotatable bonds is 2. The SMILES string of the molecule is COCC1(O)CC(N)C1. The number of hydrogen-bond donors (Lipinski definition) is 2. The second-order valence-electron chi connectivity index (χ2n) is 2.83. The number of methoxy groups -OCH3 is 1. The van der Waals surface area contributed by atoms with Crippen molar-refractivity contribution in [2.24, 2.45) is 5.73 Å². The molecular weight excluding hydrogens is 118 g/mol. The van der Waals surface area contributed by atoms with Gasteiger partial charge in [-0.05, 0) is 12.8 Å². The summed E-state index contributed by atoms with van der Waals surface area (Å²) < 4.78 is 4.79. The van der Waals surface area contributed by atoms with E-state index >= 15 is 0 Å². The Bertz CT molecular complexity index is 93.7. The maximum atomic E-state index is 9.38. The molecule has 0 aromatic rings. The van der Waals surface area contributed by atoms with Crippen LogP contribution in [0.1, 0.15) is 12.8 Å². The molecule has 1 aliphatic rings. The maximum absolute atomic E-state index is 9.38. The van der Waals surface area contributed by atoms with E-state index in [0.717, 1.165) is 0 Å². The van der Waals surface area contributed by atoms with E-state index in [9.17, 15) is 5.11 Å². The molecule has 1 fully saturated rings. The summed E-state index contributed by atoms with van der Waals surface area (Å²) in [6.45, 7) is 0.417. The molecule has 3 heteroatoms. The molecule has 0 radical (unpaired) electrons. The Morgan fingerprint density at radius 3 is 2.67 bits per heavy atom. The van der Waals surface area contributed by atoms with Crippen LogP contribution in [0.3, 0.4) is 0 Å². The highest BCUT2D eigenvalue weighted by Gasteiger charge is 2.40. The molecule has 0 aromatic carbocycles. The van der Waals surface area contributed by atoms with E-state index in [4.69, 9.17) is 10.5 Å².